The Hall–Kier alpha value is -0.630. The molecule has 0 aliphatic carbocycles. The Labute approximate surface area is 106 Å². The molecule has 0 heterocycles. The van der Waals surface area contributed by atoms with Crippen LogP contribution in [-0.2, 0) is 0 Å². The predicted octanol–water partition coefficient (Wildman–Crippen LogP) is 4.19. The number of alkyl halides is 1. The van der Waals surface area contributed by atoms with Crippen LogP contribution in [0.25, 0.3) is 0 Å². The van der Waals surface area contributed by atoms with E-state index in [-0.39, 0.29) is 10.6 Å². The number of rotatable bonds is 2. The van der Waals surface area contributed by atoms with Gasteiger partial charge in [-0.3, -0.25) is 4.79 Å². The molecule has 1 rings (SSSR count). The molecule has 88 valence electrons. The molecular weight excluding hydrogens is 264 g/mol. The highest BCUT2D eigenvalue weighted by atomic mass is 79.9. The highest BCUT2D eigenvalue weighted by Gasteiger charge is 2.20. The van der Waals surface area contributed by atoms with E-state index in [1.54, 1.807) is 0 Å². The van der Waals surface area contributed by atoms with E-state index < -0.39 is 0 Å². The first-order valence-electron chi connectivity index (χ1n) is 5.54. The largest absolute Gasteiger partial charge is 0.293 e. The first kappa shape index (κ1) is 13.4. The third-order valence-corrected chi connectivity index (χ3v) is 4.02. The monoisotopic (exact) mass is 282 g/mol. The van der Waals surface area contributed by atoms with Crippen LogP contribution in [0.3, 0.4) is 0 Å². The number of hydrogen-bond acceptors (Lipinski definition) is 1. The SMILES string of the molecule is Cc1c(C)c(C)c(C(=O)C(C)Br)c(C)c1C. The van der Waals surface area contributed by atoms with Gasteiger partial charge in [-0.05, 0) is 69.4 Å². The zero-order valence-corrected chi connectivity index (χ0v) is 12.4. The molecule has 0 amide bonds. The van der Waals surface area contributed by atoms with Gasteiger partial charge in [-0.15, -0.1) is 0 Å². The van der Waals surface area contributed by atoms with E-state index >= 15 is 0 Å². The van der Waals surface area contributed by atoms with Crippen molar-refractivity contribution in [3.63, 3.8) is 0 Å². The summed E-state index contributed by atoms with van der Waals surface area (Å²) in [6, 6.07) is 0. The lowest BCUT2D eigenvalue weighted by atomic mass is 9.87. The molecule has 16 heavy (non-hydrogen) atoms. The van der Waals surface area contributed by atoms with Crippen molar-refractivity contribution in [3.8, 4) is 0 Å². The van der Waals surface area contributed by atoms with Crippen LogP contribution in [-0.4, -0.2) is 10.6 Å². The molecule has 1 nitrogen and oxygen atoms in total. The van der Waals surface area contributed by atoms with Crippen LogP contribution in [0.15, 0.2) is 0 Å². The fourth-order valence-corrected chi connectivity index (χ4v) is 2.30. The van der Waals surface area contributed by atoms with Crippen molar-refractivity contribution in [1.82, 2.24) is 0 Å². The van der Waals surface area contributed by atoms with Gasteiger partial charge in [-0.1, -0.05) is 15.9 Å². The first-order valence-corrected chi connectivity index (χ1v) is 6.45. The van der Waals surface area contributed by atoms with Gasteiger partial charge in [0.25, 0.3) is 0 Å². The lowest BCUT2D eigenvalue weighted by Crippen LogP contribution is -2.16. The van der Waals surface area contributed by atoms with E-state index in [0.717, 1.165) is 16.7 Å². The van der Waals surface area contributed by atoms with Crippen LogP contribution < -0.4 is 0 Å². The Morgan fingerprint density at radius 2 is 1.19 bits per heavy atom. The number of benzene rings is 1. The second-order valence-corrected chi connectivity index (χ2v) is 5.85. The summed E-state index contributed by atoms with van der Waals surface area (Å²) in [4.78, 5) is 12.0. The normalized spacial score (nSPS) is 12.7. The van der Waals surface area contributed by atoms with Crippen molar-refractivity contribution in [2.75, 3.05) is 0 Å². The second-order valence-electron chi connectivity index (χ2n) is 4.48. The maximum atomic E-state index is 12.2. The van der Waals surface area contributed by atoms with Gasteiger partial charge >= 0.3 is 0 Å². The van der Waals surface area contributed by atoms with E-state index in [1.807, 2.05) is 20.8 Å². The standard InChI is InChI=1S/C14H19BrO/c1-7-8(2)10(4)13(11(5)9(7)3)14(16)12(6)15/h12H,1-6H3. The number of ketones is 1. The fourth-order valence-electron chi connectivity index (χ4n) is 2.07. The summed E-state index contributed by atoms with van der Waals surface area (Å²) in [6.45, 7) is 12.3. The fraction of sp³-hybridized carbons (Fsp3) is 0.500. The zero-order valence-electron chi connectivity index (χ0n) is 10.9. The molecule has 0 N–H and O–H groups in total. The molecule has 2 heteroatoms. The van der Waals surface area contributed by atoms with Gasteiger partial charge in [0, 0.05) is 5.56 Å². The highest BCUT2D eigenvalue weighted by Crippen LogP contribution is 2.27. The van der Waals surface area contributed by atoms with E-state index in [0.29, 0.717) is 0 Å². The highest BCUT2D eigenvalue weighted by molar-refractivity contribution is 9.10. The molecular formula is C14H19BrO. The molecule has 1 atom stereocenters. The summed E-state index contributed by atoms with van der Waals surface area (Å²) in [5, 5.41) is 0. The summed E-state index contributed by atoms with van der Waals surface area (Å²) in [5.74, 6) is 0.182. The quantitative estimate of drug-likeness (QED) is 0.587. The first-order chi connectivity index (χ1) is 7.29. The topological polar surface area (TPSA) is 17.1 Å². The van der Waals surface area contributed by atoms with Gasteiger partial charge in [0.1, 0.15) is 0 Å². The summed E-state index contributed by atoms with van der Waals surface area (Å²) in [6.07, 6.45) is 0. The maximum Gasteiger partial charge on any atom is 0.176 e. The van der Waals surface area contributed by atoms with E-state index in [2.05, 4.69) is 36.7 Å². The summed E-state index contributed by atoms with van der Waals surface area (Å²) < 4.78 is 0. The van der Waals surface area contributed by atoms with Gasteiger partial charge < -0.3 is 0 Å². The number of carbonyl (C=O) groups excluding carboxylic acids is 1. The molecule has 0 aliphatic rings. The van der Waals surface area contributed by atoms with Crippen molar-refractivity contribution in [1.29, 1.82) is 0 Å². The van der Waals surface area contributed by atoms with E-state index in [4.69, 9.17) is 0 Å². The number of halogens is 1. The van der Waals surface area contributed by atoms with Crippen LogP contribution in [0.1, 0.15) is 45.1 Å². The van der Waals surface area contributed by atoms with Gasteiger partial charge in [0.05, 0.1) is 4.83 Å². The molecule has 0 fully saturated rings. The van der Waals surface area contributed by atoms with Crippen molar-refractivity contribution in [2.24, 2.45) is 0 Å². The van der Waals surface area contributed by atoms with Crippen LogP contribution in [0.4, 0.5) is 0 Å². The van der Waals surface area contributed by atoms with Gasteiger partial charge in [-0.2, -0.15) is 0 Å². The molecule has 0 radical (unpaired) electrons. The molecule has 1 aromatic rings. The van der Waals surface area contributed by atoms with Gasteiger partial charge in [-0.25, -0.2) is 0 Å². The Morgan fingerprint density at radius 1 is 0.875 bits per heavy atom. The maximum absolute atomic E-state index is 12.2. The summed E-state index contributed by atoms with van der Waals surface area (Å²) >= 11 is 3.36. The second kappa shape index (κ2) is 4.70. The Balaban J connectivity index is 3.58. The summed E-state index contributed by atoms with van der Waals surface area (Å²) in [7, 11) is 0. The van der Waals surface area contributed by atoms with Gasteiger partial charge in [0.15, 0.2) is 5.78 Å². The molecule has 0 saturated heterocycles. The Bertz CT molecular complexity index is 416. The molecule has 1 unspecified atom stereocenters. The average molecular weight is 283 g/mol. The number of carbonyl (C=O) groups is 1. The predicted molar refractivity (Wildman–Crippen MR) is 72.8 cm³/mol. The molecule has 0 aromatic heterocycles. The third kappa shape index (κ3) is 2.08. The third-order valence-electron chi connectivity index (χ3n) is 3.61. The number of hydrogen-bond donors (Lipinski definition) is 0. The molecule has 0 bridgehead atoms. The zero-order chi connectivity index (χ0) is 12.6. The minimum atomic E-state index is -0.119. The average Bonchev–Trinajstić information content (AvgIpc) is 2.23. The van der Waals surface area contributed by atoms with Gasteiger partial charge in [0.2, 0.25) is 0 Å². The van der Waals surface area contributed by atoms with Crippen molar-refractivity contribution in [3.05, 3.63) is 33.4 Å². The van der Waals surface area contributed by atoms with Crippen molar-refractivity contribution >= 4 is 21.7 Å². The number of Topliss-reactive ketones (excluding diaryl/α,β-unsaturated/α-hetero) is 1. The van der Waals surface area contributed by atoms with E-state index in [1.165, 1.54) is 16.7 Å². The minimum Gasteiger partial charge on any atom is -0.293 e. The Kier molecular flexibility index (Phi) is 3.95. The minimum absolute atomic E-state index is 0.119. The lowest BCUT2D eigenvalue weighted by Gasteiger charge is -2.18. The molecule has 1 aromatic carbocycles. The molecule has 0 saturated carbocycles. The smallest absolute Gasteiger partial charge is 0.176 e. The summed E-state index contributed by atoms with van der Waals surface area (Å²) in [5.41, 5.74) is 6.91. The van der Waals surface area contributed by atoms with Crippen LogP contribution in [0.2, 0.25) is 0 Å². The van der Waals surface area contributed by atoms with Crippen LogP contribution >= 0.6 is 15.9 Å². The molecule has 0 aliphatic heterocycles. The van der Waals surface area contributed by atoms with E-state index in [9.17, 15) is 4.79 Å². The Morgan fingerprint density at radius 3 is 1.50 bits per heavy atom. The molecule has 0 spiro atoms. The van der Waals surface area contributed by atoms with Crippen molar-refractivity contribution in [2.45, 2.75) is 46.4 Å². The lowest BCUT2D eigenvalue weighted by molar-refractivity contribution is 0.0994. The van der Waals surface area contributed by atoms with Crippen LogP contribution in [0.5, 0.6) is 0 Å². The van der Waals surface area contributed by atoms with Crippen LogP contribution in [0, 0.1) is 34.6 Å². The van der Waals surface area contributed by atoms with Crippen molar-refractivity contribution < 1.29 is 4.79 Å².